The Morgan fingerprint density at radius 2 is 2.13 bits per heavy atom. The number of aromatic nitrogens is 5. The third kappa shape index (κ3) is 2.97. The monoisotopic (exact) mass is 408 g/mol. The number of H-pyrrole nitrogens is 1. The summed E-state index contributed by atoms with van der Waals surface area (Å²) in [5.41, 5.74) is 3.03. The van der Waals surface area contributed by atoms with Gasteiger partial charge in [-0.2, -0.15) is 0 Å². The van der Waals surface area contributed by atoms with Crippen LogP contribution in [0.2, 0.25) is 0 Å². The Kier molecular flexibility index (Phi) is 4.39. The minimum absolute atomic E-state index is 0.206. The summed E-state index contributed by atoms with van der Waals surface area (Å²) in [5.74, 6) is 3.15. The van der Waals surface area contributed by atoms with E-state index in [0.717, 1.165) is 48.2 Å². The van der Waals surface area contributed by atoms with E-state index < -0.39 is 0 Å². The number of fused-ring (bicyclic) bond motifs is 3. The Balaban J connectivity index is 1.33. The van der Waals surface area contributed by atoms with Crippen LogP contribution < -0.4 is 0 Å². The van der Waals surface area contributed by atoms with Crippen LogP contribution in [-0.2, 0) is 4.74 Å². The van der Waals surface area contributed by atoms with Crippen LogP contribution >= 0.6 is 0 Å². The van der Waals surface area contributed by atoms with Gasteiger partial charge in [0.25, 0.3) is 0 Å². The van der Waals surface area contributed by atoms with Crippen LogP contribution in [0.5, 0.6) is 0 Å². The topological polar surface area (TPSA) is 71.3 Å². The number of hydrogen-bond acceptors (Lipinski definition) is 5. The lowest BCUT2D eigenvalue weighted by molar-refractivity contribution is -0.144. The van der Waals surface area contributed by atoms with Crippen molar-refractivity contribution in [3.05, 3.63) is 24.3 Å². The molecule has 7 nitrogen and oxygen atoms in total. The molecule has 3 fully saturated rings. The van der Waals surface area contributed by atoms with Crippen molar-refractivity contribution in [1.29, 1.82) is 0 Å². The lowest BCUT2D eigenvalue weighted by Gasteiger charge is -2.50. The minimum atomic E-state index is 0.206. The quantitative estimate of drug-likeness (QED) is 0.644. The predicted octanol–water partition coefficient (Wildman–Crippen LogP) is 3.77. The molecule has 160 valence electrons. The molecule has 7 heteroatoms. The van der Waals surface area contributed by atoms with Gasteiger partial charge in [0.2, 0.25) is 0 Å². The van der Waals surface area contributed by atoms with Crippen molar-refractivity contribution in [2.24, 2.45) is 11.8 Å². The normalized spacial score (nSPS) is 28.6. The van der Waals surface area contributed by atoms with E-state index in [1.165, 1.54) is 38.6 Å². The zero-order chi connectivity index (χ0) is 20.3. The number of rotatable bonds is 7. The zero-order valence-corrected chi connectivity index (χ0v) is 18.0. The minimum Gasteiger partial charge on any atom is -0.377 e. The maximum Gasteiger partial charge on any atom is 0.179 e. The first-order valence-electron chi connectivity index (χ1n) is 11.7. The van der Waals surface area contributed by atoms with Crippen molar-refractivity contribution in [2.75, 3.05) is 19.8 Å². The predicted molar refractivity (Wildman–Crippen MR) is 115 cm³/mol. The first-order chi connectivity index (χ1) is 14.7. The van der Waals surface area contributed by atoms with Gasteiger partial charge < -0.3 is 9.72 Å². The van der Waals surface area contributed by atoms with Crippen LogP contribution in [0.15, 0.2) is 18.5 Å². The number of aromatic amines is 1. The maximum absolute atomic E-state index is 5.67. The first kappa shape index (κ1) is 18.8. The Hall–Kier alpha value is -1.99. The largest absolute Gasteiger partial charge is 0.377 e. The van der Waals surface area contributed by atoms with Crippen LogP contribution in [0.4, 0.5) is 0 Å². The molecule has 3 aromatic rings. The molecule has 2 aliphatic carbocycles. The van der Waals surface area contributed by atoms with Crippen molar-refractivity contribution < 1.29 is 4.74 Å². The van der Waals surface area contributed by atoms with Crippen LogP contribution in [0.25, 0.3) is 16.8 Å². The standard InChI is InChI=1S/C23H32N6O/c1-3-16-10-17(28(9-7-15-4-5-15)23(2)13-30-14-23)11-18(16)22-27-26-20-12-25-21-19(29(20)22)6-8-24-21/h6,8,12,15-18,24H,3-5,7,9-11,13-14H2,1-2H3/t16-,17+,18?/m1/s1. The van der Waals surface area contributed by atoms with E-state index in [-0.39, 0.29) is 5.54 Å². The van der Waals surface area contributed by atoms with E-state index in [1.807, 2.05) is 12.4 Å². The van der Waals surface area contributed by atoms with Gasteiger partial charge >= 0.3 is 0 Å². The molecule has 0 bridgehead atoms. The molecule has 0 spiro atoms. The smallest absolute Gasteiger partial charge is 0.179 e. The first-order valence-corrected chi connectivity index (χ1v) is 11.7. The van der Waals surface area contributed by atoms with Crippen LogP contribution in [0.1, 0.15) is 64.1 Å². The van der Waals surface area contributed by atoms with Crippen LogP contribution in [0, 0.1) is 11.8 Å². The highest BCUT2D eigenvalue weighted by atomic mass is 16.5. The third-order valence-corrected chi connectivity index (χ3v) is 7.93. The summed E-state index contributed by atoms with van der Waals surface area (Å²) in [5, 5.41) is 9.17. The summed E-state index contributed by atoms with van der Waals surface area (Å²) in [6.45, 7) is 7.70. The molecule has 3 atom stereocenters. The van der Waals surface area contributed by atoms with Crippen molar-refractivity contribution in [3.8, 4) is 0 Å². The van der Waals surface area contributed by atoms with E-state index in [9.17, 15) is 0 Å². The lowest BCUT2D eigenvalue weighted by atomic mass is 9.93. The third-order valence-electron chi connectivity index (χ3n) is 7.93. The fourth-order valence-corrected chi connectivity index (χ4v) is 5.94. The Bertz CT molecular complexity index is 1050. The van der Waals surface area contributed by atoms with E-state index in [1.54, 1.807) is 0 Å². The lowest BCUT2D eigenvalue weighted by Crippen LogP contribution is -2.63. The molecule has 30 heavy (non-hydrogen) atoms. The van der Waals surface area contributed by atoms with E-state index in [2.05, 4.69) is 44.3 Å². The number of nitrogens with zero attached hydrogens (tertiary/aromatic N) is 5. The highest BCUT2D eigenvalue weighted by Gasteiger charge is 2.47. The average molecular weight is 409 g/mol. The highest BCUT2D eigenvalue weighted by Crippen LogP contribution is 2.46. The molecule has 1 unspecified atom stereocenters. The van der Waals surface area contributed by atoms with Crippen LogP contribution in [0.3, 0.4) is 0 Å². The van der Waals surface area contributed by atoms with E-state index >= 15 is 0 Å². The molecule has 1 aliphatic heterocycles. The van der Waals surface area contributed by atoms with Gasteiger partial charge in [0.1, 0.15) is 5.82 Å². The Labute approximate surface area is 177 Å². The molecule has 0 amide bonds. The Morgan fingerprint density at radius 1 is 1.27 bits per heavy atom. The van der Waals surface area contributed by atoms with Crippen LogP contribution in [-0.4, -0.2) is 60.8 Å². The molecule has 0 aromatic carbocycles. The van der Waals surface area contributed by atoms with Gasteiger partial charge in [-0.3, -0.25) is 9.30 Å². The van der Waals surface area contributed by atoms with Gasteiger partial charge in [0.15, 0.2) is 11.3 Å². The SMILES string of the molecule is CC[C@@H]1C[C@H](N(CCC2CC2)C2(C)COC2)CC1c1nnc2cnc3[nH]ccc3n12. The molecule has 1 saturated heterocycles. The summed E-state index contributed by atoms with van der Waals surface area (Å²) in [7, 11) is 0. The fourth-order valence-electron chi connectivity index (χ4n) is 5.94. The summed E-state index contributed by atoms with van der Waals surface area (Å²) >= 11 is 0. The second-order valence-electron chi connectivity index (χ2n) is 10.0. The van der Waals surface area contributed by atoms with Crippen molar-refractivity contribution in [2.45, 2.75) is 69.9 Å². The molecule has 4 heterocycles. The van der Waals surface area contributed by atoms with Crippen molar-refractivity contribution in [3.63, 3.8) is 0 Å². The number of nitrogens with one attached hydrogen (secondary N) is 1. The molecule has 6 rings (SSSR count). The Morgan fingerprint density at radius 3 is 2.87 bits per heavy atom. The number of ether oxygens (including phenoxy) is 1. The summed E-state index contributed by atoms with van der Waals surface area (Å²) in [6.07, 6.45) is 11.6. The number of hydrogen-bond donors (Lipinski definition) is 1. The summed E-state index contributed by atoms with van der Waals surface area (Å²) in [4.78, 5) is 10.5. The van der Waals surface area contributed by atoms with Gasteiger partial charge in [0, 0.05) is 18.2 Å². The molecular formula is C23H32N6O. The van der Waals surface area contributed by atoms with Crippen molar-refractivity contribution >= 4 is 16.8 Å². The molecular weight excluding hydrogens is 376 g/mol. The molecule has 1 N–H and O–H groups in total. The van der Waals surface area contributed by atoms with Gasteiger partial charge in [-0.25, -0.2) is 4.98 Å². The molecule has 0 radical (unpaired) electrons. The van der Waals surface area contributed by atoms with Gasteiger partial charge in [-0.1, -0.05) is 26.2 Å². The second kappa shape index (κ2) is 7.02. The second-order valence-corrected chi connectivity index (χ2v) is 10.0. The zero-order valence-electron chi connectivity index (χ0n) is 18.0. The van der Waals surface area contributed by atoms with E-state index in [4.69, 9.17) is 9.84 Å². The van der Waals surface area contributed by atoms with Gasteiger partial charge in [0.05, 0.1) is 30.5 Å². The molecule has 3 aliphatic rings. The fraction of sp³-hybridized carbons (Fsp3) is 0.696. The van der Waals surface area contributed by atoms with Gasteiger partial charge in [-0.05, 0) is 50.6 Å². The molecule has 3 aromatic heterocycles. The molecule has 2 saturated carbocycles. The summed E-state index contributed by atoms with van der Waals surface area (Å²) in [6, 6.07) is 2.69. The van der Waals surface area contributed by atoms with Gasteiger partial charge in [-0.15, -0.1) is 10.2 Å². The highest BCUT2D eigenvalue weighted by molar-refractivity contribution is 5.74. The van der Waals surface area contributed by atoms with E-state index in [0.29, 0.717) is 17.9 Å². The maximum atomic E-state index is 5.67. The average Bonchev–Trinajstić information content (AvgIpc) is 3.12. The van der Waals surface area contributed by atoms with Crippen molar-refractivity contribution in [1.82, 2.24) is 29.5 Å². The summed E-state index contributed by atoms with van der Waals surface area (Å²) < 4.78 is 7.90.